The van der Waals surface area contributed by atoms with Crippen molar-refractivity contribution in [3.8, 4) is 0 Å². The summed E-state index contributed by atoms with van der Waals surface area (Å²) in [6, 6.07) is 5.25. The highest BCUT2D eigenvalue weighted by Crippen LogP contribution is 2.36. The van der Waals surface area contributed by atoms with Gasteiger partial charge in [-0.2, -0.15) is 0 Å². The van der Waals surface area contributed by atoms with E-state index < -0.39 is 5.97 Å². The predicted molar refractivity (Wildman–Crippen MR) is 57.6 cm³/mol. The van der Waals surface area contributed by atoms with Gasteiger partial charge in [0.25, 0.3) is 0 Å². The van der Waals surface area contributed by atoms with E-state index in [2.05, 4.69) is 0 Å². The number of hydrogen-bond donors (Lipinski definition) is 3. The molecule has 1 aromatic heterocycles. The third kappa shape index (κ3) is 1.10. The molecule has 0 amide bonds. The molecule has 0 fully saturated rings. The number of fused-ring (bicyclic) bond motifs is 1. The summed E-state index contributed by atoms with van der Waals surface area (Å²) in [4.78, 5) is 10.9. The molecule has 0 atom stereocenters. The Kier molecular flexibility index (Phi) is 1.82. The van der Waals surface area contributed by atoms with Gasteiger partial charge in [-0.05, 0) is 6.07 Å². The van der Waals surface area contributed by atoms with E-state index in [1.807, 2.05) is 0 Å². The lowest BCUT2D eigenvalue weighted by molar-refractivity contribution is 0.0703. The van der Waals surface area contributed by atoms with Crippen LogP contribution in [0.25, 0.3) is 10.1 Å². The van der Waals surface area contributed by atoms with E-state index in [9.17, 15) is 4.79 Å². The summed E-state index contributed by atoms with van der Waals surface area (Å²) in [7, 11) is 0. The van der Waals surface area contributed by atoms with E-state index in [4.69, 9.17) is 16.6 Å². The maximum absolute atomic E-state index is 10.8. The Labute approximate surface area is 83.8 Å². The highest BCUT2D eigenvalue weighted by Gasteiger charge is 2.15. The van der Waals surface area contributed by atoms with Crippen LogP contribution in [0.3, 0.4) is 0 Å². The van der Waals surface area contributed by atoms with E-state index in [1.165, 1.54) is 0 Å². The lowest BCUT2D eigenvalue weighted by Crippen LogP contribution is -1.96. The Balaban J connectivity index is 2.86. The number of nitrogens with two attached hydrogens (primary N) is 2. The van der Waals surface area contributed by atoms with Crippen LogP contribution in [0.5, 0.6) is 0 Å². The molecule has 0 aliphatic carbocycles. The van der Waals surface area contributed by atoms with Crippen molar-refractivity contribution in [2.75, 3.05) is 11.5 Å². The molecule has 2 aromatic rings. The van der Waals surface area contributed by atoms with Crippen LogP contribution in [-0.2, 0) is 0 Å². The predicted octanol–water partition coefficient (Wildman–Crippen LogP) is 1.76. The summed E-state index contributed by atoms with van der Waals surface area (Å²) < 4.78 is 0.738. The lowest BCUT2D eigenvalue weighted by atomic mass is 10.2. The van der Waals surface area contributed by atoms with E-state index in [0.717, 1.165) is 16.0 Å². The van der Waals surface area contributed by atoms with Crippen LogP contribution >= 0.6 is 11.3 Å². The van der Waals surface area contributed by atoms with Gasteiger partial charge in [0, 0.05) is 11.1 Å². The number of aromatic carboxylic acids is 1. The Morgan fingerprint density at radius 3 is 2.64 bits per heavy atom. The summed E-state index contributed by atoms with van der Waals surface area (Å²) in [5.41, 5.74) is 12.2. The summed E-state index contributed by atoms with van der Waals surface area (Å²) in [6.07, 6.45) is 0. The molecule has 0 aliphatic rings. The number of hydrogen-bond acceptors (Lipinski definition) is 4. The molecular formula is C9H8N2O2S. The Bertz CT molecular complexity index is 519. The first-order chi connectivity index (χ1) is 6.61. The Morgan fingerprint density at radius 2 is 2.07 bits per heavy atom. The molecule has 0 saturated carbocycles. The zero-order valence-electron chi connectivity index (χ0n) is 7.15. The Hall–Kier alpha value is -1.75. The summed E-state index contributed by atoms with van der Waals surface area (Å²) in [6.45, 7) is 0. The minimum atomic E-state index is -1.01. The van der Waals surface area contributed by atoms with Gasteiger partial charge in [0.2, 0.25) is 0 Å². The fourth-order valence-corrected chi connectivity index (χ4v) is 2.30. The van der Waals surface area contributed by atoms with Crippen molar-refractivity contribution < 1.29 is 9.90 Å². The van der Waals surface area contributed by atoms with Crippen molar-refractivity contribution in [1.29, 1.82) is 0 Å². The van der Waals surface area contributed by atoms with Crippen LogP contribution in [0.4, 0.5) is 11.4 Å². The van der Waals surface area contributed by atoms with E-state index >= 15 is 0 Å². The third-order valence-corrected chi connectivity index (χ3v) is 3.24. The molecule has 1 aromatic carbocycles. The van der Waals surface area contributed by atoms with Crippen LogP contribution in [0.2, 0.25) is 0 Å². The van der Waals surface area contributed by atoms with E-state index in [1.54, 1.807) is 18.2 Å². The van der Waals surface area contributed by atoms with Crippen molar-refractivity contribution in [3.63, 3.8) is 0 Å². The van der Waals surface area contributed by atoms with Crippen molar-refractivity contribution >= 4 is 38.8 Å². The van der Waals surface area contributed by atoms with Crippen molar-refractivity contribution in [3.05, 3.63) is 23.1 Å². The smallest absolute Gasteiger partial charge is 0.348 e. The van der Waals surface area contributed by atoms with Gasteiger partial charge in [-0.1, -0.05) is 12.1 Å². The number of rotatable bonds is 1. The lowest BCUT2D eigenvalue weighted by Gasteiger charge is -1.94. The SMILES string of the molecule is Nc1c(C(=O)O)sc2c(N)cccc12. The normalized spacial score (nSPS) is 10.6. The van der Waals surface area contributed by atoms with E-state index in [0.29, 0.717) is 16.8 Å². The maximum atomic E-state index is 10.8. The Morgan fingerprint density at radius 1 is 1.36 bits per heavy atom. The number of benzene rings is 1. The van der Waals surface area contributed by atoms with Gasteiger partial charge in [0.15, 0.2) is 0 Å². The largest absolute Gasteiger partial charge is 0.477 e. The molecule has 0 unspecified atom stereocenters. The van der Waals surface area contributed by atoms with Crippen molar-refractivity contribution in [2.45, 2.75) is 0 Å². The molecular weight excluding hydrogens is 200 g/mol. The van der Waals surface area contributed by atoms with Gasteiger partial charge in [-0.15, -0.1) is 11.3 Å². The molecule has 1 heterocycles. The molecule has 5 N–H and O–H groups in total. The average Bonchev–Trinajstić information content (AvgIpc) is 2.46. The quantitative estimate of drug-likeness (QED) is 0.623. The summed E-state index contributed by atoms with van der Waals surface area (Å²) in [5, 5.41) is 9.56. The van der Waals surface area contributed by atoms with Gasteiger partial charge >= 0.3 is 5.97 Å². The molecule has 72 valence electrons. The zero-order chi connectivity index (χ0) is 10.3. The van der Waals surface area contributed by atoms with Crippen LogP contribution < -0.4 is 11.5 Å². The van der Waals surface area contributed by atoms with Crippen LogP contribution in [-0.4, -0.2) is 11.1 Å². The number of carboxylic acids is 1. The van der Waals surface area contributed by atoms with Gasteiger partial charge in [-0.3, -0.25) is 0 Å². The number of thiophene rings is 1. The first-order valence-electron chi connectivity index (χ1n) is 3.91. The fourth-order valence-electron chi connectivity index (χ4n) is 1.32. The second kappa shape index (κ2) is 2.88. The second-order valence-corrected chi connectivity index (χ2v) is 3.89. The van der Waals surface area contributed by atoms with E-state index in [-0.39, 0.29) is 4.88 Å². The molecule has 14 heavy (non-hydrogen) atoms. The molecule has 0 aliphatic heterocycles. The number of carboxylic acid groups (broad SMARTS) is 1. The van der Waals surface area contributed by atoms with Crippen molar-refractivity contribution in [1.82, 2.24) is 0 Å². The molecule has 0 bridgehead atoms. The van der Waals surface area contributed by atoms with Gasteiger partial charge < -0.3 is 16.6 Å². The minimum absolute atomic E-state index is 0.151. The zero-order valence-corrected chi connectivity index (χ0v) is 7.97. The fraction of sp³-hybridized carbons (Fsp3) is 0. The highest BCUT2D eigenvalue weighted by atomic mass is 32.1. The topological polar surface area (TPSA) is 89.3 Å². The second-order valence-electron chi connectivity index (χ2n) is 2.87. The molecule has 0 spiro atoms. The molecule has 0 saturated heterocycles. The third-order valence-electron chi connectivity index (χ3n) is 1.98. The van der Waals surface area contributed by atoms with Crippen LogP contribution in [0.15, 0.2) is 18.2 Å². The highest BCUT2D eigenvalue weighted by molar-refractivity contribution is 7.22. The number of nitrogen functional groups attached to an aromatic ring is 2. The maximum Gasteiger partial charge on any atom is 0.348 e. The first-order valence-corrected chi connectivity index (χ1v) is 4.72. The minimum Gasteiger partial charge on any atom is -0.477 e. The summed E-state index contributed by atoms with van der Waals surface area (Å²) >= 11 is 1.11. The molecule has 0 radical (unpaired) electrons. The van der Waals surface area contributed by atoms with Crippen molar-refractivity contribution in [2.24, 2.45) is 0 Å². The van der Waals surface area contributed by atoms with Crippen LogP contribution in [0, 0.1) is 0 Å². The van der Waals surface area contributed by atoms with Crippen LogP contribution in [0.1, 0.15) is 9.67 Å². The molecule has 4 nitrogen and oxygen atoms in total. The van der Waals surface area contributed by atoms with Gasteiger partial charge in [0.05, 0.1) is 10.4 Å². The van der Waals surface area contributed by atoms with Gasteiger partial charge in [0.1, 0.15) is 4.88 Å². The molecule has 2 rings (SSSR count). The standard InChI is InChI=1S/C9H8N2O2S/c10-5-3-1-2-4-6(11)8(9(12)13)14-7(4)5/h1-3H,10-11H2,(H,12,13). The summed E-state index contributed by atoms with van der Waals surface area (Å²) in [5.74, 6) is -1.01. The first kappa shape index (κ1) is 8.83. The molecule has 5 heteroatoms. The monoisotopic (exact) mass is 208 g/mol. The average molecular weight is 208 g/mol. The van der Waals surface area contributed by atoms with Gasteiger partial charge in [-0.25, -0.2) is 4.79 Å². The number of carbonyl (C=O) groups is 1. The number of anilines is 2.